The molecule has 2 aliphatic rings. The first kappa shape index (κ1) is 33.2. The Morgan fingerprint density at radius 3 is 1.49 bits per heavy atom. The SMILES string of the molecule is Brc1ccc(CN2CCC(c3ccccc3)C2)cc1.FC(F)(F)c1ccccc1-c1ccc(CN2CCC(c3ccccc3)C2)cc1. The molecule has 2 nitrogen and oxygen atoms in total. The molecule has 0 aromatic heterocycles. The Morgan fingerprint density at radius 1 is 0.553 bits per heavy atom. The van der Waals surface area contributed by atoms with Gasteiger partial charge in [-0.1, -0.05) is 131 Å². The monoisotopic (exact) mass is 696 g/mol. The van der Waals surface area contributed by atoms with Gasteiger partial charge in [0.1, 0.15) is 0 Å². The quantitative estimate of drug-likeness (QED) is 0.167. The highest BCUT2D eigenvalue weighted by atomic mass is 79.9. The first-order valence-corrected chi connectivity index (χ1v) is 17.2. The van der Waals surface area contributed by atoms with E-state index >= 15 is 0 Å². The summed E-state index contributed by atoms with van der Waals surface area (Å²) in [5.41, 5.74) is 5.63. The fourth-order valence-corrected chi connectivity index (χ4v) is 7.09. The van der Waals surface area contributed by atoms with Crippen molar-refractivity contribution in [1.29, 1.82) is 0 Å². The third-order valence-electron chi connectivity index (χ3n) is 9.31. The van der Waals surface area contributed by atoms with Crippen LogP contribution in [0.4, 0.5) is 13.2 Å². The van der Waals surface area contributed by atoms with E-state index in [2.05, 4.69) is 105 Å². The first-order valence-electron chi connectivity index (χ1n) is 16.4. The molecule has 0 N–H and O–H groups in total. The Labute approximate surface area is 285 Å². The molecule has 2 fully saturated rings. The van der Waals surface area contributed by atoms with E-state index in [9.17, 15) is 13.2 Å². The van der Waals surface area contributed by atoms with Crippen molar-refractivity contribution in [2.75, 3.05) is 26.2 Å². The molecule has 6 heteroatoms. The summed E-state index contributed by atoms with van der Waals surface area (Å²) in [7, 11) is 0. The zero-order valence-corrected chi connectivity index (χ0v) is 28.0. The average molecular weight is 698 g/mol. The molecule has 47 heavy (non-hydrogen) atoms. The molecular weight excluding hydrogens is 657 g/mol. The average Bonchev–Trinajstić information content (AvgIpc) is 3.77. The van der Waals surface area contributed by atoms with E-state index in [1.54, 1.807) is 18.2 Å². The normalized spacial score (nSPS) is 18.6. The largest absolute Gasteiger partial charge is 0.417 e. The van der Waals surface area contributed by atoms with E-state index in [1.165, 1.54) is 48.3 Å². The van der Waals surface area contributed by atoms with E-state index in [0.717, 1.165) is 48.7 Å². The highest BCUT2D eigenvalue weighted by Gasteiger charge is 2.33. The molecule has 5 aromatic carbocycles. The van der Waals surface area contributed by atoms with Crippen LogP contribution in [-0.4, -0.2) is 36.0 Å². The molecule has 2 aliphatic heterocycles. The lowest BCUT2D eigenvalue weighted by atomic mass is 9.98. The molecule has 0 saturated carbocycles. The Hall–Kier alpha value is -3.71. The van der Waals surface area contributed by atoms with Gasteiger partial charge in [0.2, 0.25) is 0 Å². The summed E-state index contributed by atoms with van der Waals surface area (Å²) in [4.78, 5) is 4.97. The molecule has 5 aromatic rings. The second-order valence-corrected chi connectivity index (χ2v) is 13.5. The van der Waals surface area contributed by atoms with Gasteiger partial charge in [-0.15, -0.1) is 0 Å². The van der Waals surface area contributed by atoms with Crippen molar-refractivity contribution in [3.8, 4) is 11.1 Å². The molecule has 0 bridgehead atoms. The summed E-state index contributed by atoms with van der Waals surface area (Å²) < 4.78 is 40.9. The van der Waals surface area contributed by atoms with E-state index < -0.39 is 11.7 Å². The van der Waals surface area contributed by atoms with Crippen LogP contribution in [-0.2, 0) is 19.3 Å². The number of rotatable bonds is 7. The maximum Gasteiger partial charge on any atom is 0.417 e. The Morgan fingerprint density at radius 2 is 1.00 bits per heavy atom. The van der Waals surface area contributed by atoms with Crippen LogP contribution in [0.15, 0.2) is 138 Å². The minimum absolute atomic E-state index is 0.229. The zero-order chi connectivity index (χ0) is 32.6. The Balaban J connectivity index is 0.000000177. The van der Waals surface area contributed by atoms with Crippen LogP contribution in [0.1, 0.15) is 52.5 Å². The van der Waals surface area contributed by atoms with Crippen molar-refractivity contribution in [3.63, 3.8) is 0 Å². The van der Waals surface area contributed by atoms with Crippen molar-refractivity contribution in [2.45, 2.75) is 43.9 Å². The van der Waals surface area contributed by atoms with Crippen LogP contribution in [0.3, 0.4) is 0 Å². The predicted molar refractivity (Wildman–Crippen MR) is 189 cm³/mol. The van der Waals surface area contributed by atoms with Gasteiger partial charge in [-0.25, -0.2) is 0 Å². The molecule has 0 amide bonds. The Bertz CT molecular complexity index is 1690. The molecular formula is C41H40BrF3N2. The summed E-state index contributed by atoms with van der Waals surface area (Å²) in [5.74, 6) is 1.26. The number of hydrogen-bond acceptors (Lipinski definition) is 2. The highest BCUT2D eigenvalue weighted by Crippen LogP contribution is 2.37. The summed E-state index contributed by atoms with van der Waals surface area (Å²) in [5, 5.41) is 0. The maximum absolute atomic E-state index is 13.3. The summed E-state index contributed by atoms with van der Waals surface area (Å²) in [6.07, 6.45) is -1.93. The van der Waals surface area contributed by atoms with E-state index in [-0.39, 0.29) is 5.56 Å². The molecule has 0 spiro atoms. The van der Waals surface area contributed by atoms with Crippen LogP contribution in [0.25, 0.3) is 11.1 Å². The van der Waals surface area contributed by atoms with E-state index in [4.69, 9.17) is 0 Å². The van der Waals surface area contributed by atoms with Gasteiger partial charge in [0, 0.05) is 30.7 Å². The number of halogens is 4. The van der Waals surface area contributed by atoms with Gasteiger partial charge in [0.15, 0.2) is 0 Å². The molecule has 242 valence electrons. The molecule has 2 unspecified atom stereocenters. The molecule has 7 rings (SSSR count). The van der Waals surface area contributed by atoms with Crippen LogP contribution >= 0.6 is 15.9 Å². The molecule has 0 radical (unpaired) electrons. The first-order chi connectivity index (χ1) is 22.8. The number of hydrogen-bond donors (Lipinski definition) is 0. The fourth-order valence-electron chi connectivity index (χ4n) is 6.83. The van der Waals surface area contributed by atoms with Crippen molar-refractivity contribution in [1.82, 2.24) is 9.80 Å². The van der Waals surface area contributed by atoms with Crippen LogP contribution in [0, 0.1) is 0 Å². The smallest absolute Gasteiger partial charge is 0.298 e. The second kappa shape index (κ2) is 15.5. The molecule has 2 atom stereocenters. The van der Waals surface area contributed by atoms with Crippen molar-refractivity contribution >= 4 is 15.9 Å². The fraction of sp³-hybridized carbons (Fsp3) is 0.268. The number of likely N-dealkylation sites (tertiary alicyclic amines) is 2. The highest BCUT2D eigenvalue weighted by molar-refractivity contribution is 9.10. The van der Waals surface area contributed by atoms with Crippen molar-refractivity contribution in [3.05, 3.63) is 166 Å². The predicted octanol–water partition coefficient (Wildman–Crippen LogP) is 10.8. The lowest BCUT2D eigenvalue weighted by Gasteiger charge is -2.17. The van der Waals surface area contributed by atoms with Crippen LogP contribution < -0.4 is 0 Å². The van der Waals surface area contributed by atoms with Gasteiger partial charge in [0.25, 0.3) is 0 Å². The Kier molecular flexibility index (Phi) is 10.9. The molecule has 2 saturated heterocycles. The van der Waals surface area contributed by atoms with Crippen LogP contribution in [0.5, 0.6) is 0 Å². The number of benzene rings is 5. The second-order valence-electron chi connectivity index (χ2n) is 12.6. The van der Waals surface area contributed by atoms with E-state index in [0.29, 0.717) is 17.4 Å². The van der Waals surface area contributed by atoms with Gasteiger partial charge < -0.3 is 0 Å². The maximum atomic E-state index is 13.3. The third-order valence-corrected chi connectivity index (χ3v) is 9.84. The molecule has 0 aliphatic carbocycles. The van der Waals surface area contributed by atoms with Gasteiger partial charge in [-0.2, -0.15) is 13.2 Å². The summed E-state index contributed by atoms with van der Waals surface area (Å²) in [6, 6.07) is 43.3. The summed E-state index contributed by atoms with van der Waals surface area (Å²) in [6.45, 7) is 6.33. The zero-order valence-electron chi connectivity index (χ0n) is 26.4. The van der Waals surface area contributed by atoms with Gasteiger partial charge in [0.05, 0.1) is 5.56 Å². The van der Waals surface area contributed by atoms with Crippen molar-refractivity contribution in [2.24, 2.45) is 0 Å². The van der Waals surface area contributed by atoms with Gasteiger partial charge >= 0.3 is 6.18 Å². The lowest BCUT2D eigenvalue weighted by Crippen LogP contribution is -2.19. The van der Waals surface area contributed by atoms with Crippen molar-refractivity contribution < 1.29 is 13.2 Å². The van der Waals surface area contributed by atoms with E-state index in [1.807, 2.05) is 18.2 Å². The lowest BCUT2D eigenvalue weighted by molar-refractivity contribution is -0.137. The third kappa shape index (κ3) is 9.01. The van der Waals surface area contributed by atoms with Gasteiger partial charge in [-0.05, 0) is 89.3 Å². The minimum Gasteiger partial charge on any atom is -0.298 e. The standard InChI is InChI=1S/C24H22F3N.C17H18BrN/c25-24(26,27)23-9-5-4-8-22(23)20-12-10-18(11-13-20)16-28-15-14-21(17-28)19-6-2-1-3-7-19;18-17-8-6-14(7-9-17)12-19-11-10-16(13-19)15-4-2-1-3-5-15/h1-13,21H,14-17H2;1-9,16H,10-13H2. The number of nitrogens with zero attached hydrogens (tertiary/aromatic N) is 2. The van der Waals surface area contributed by atoms with Gasteiger partial charge in [-0.3, -0.25) is 9.80 Å². The topological polar surface area (TPSA) is 6.48 Å². The summed E-state index contributed by atoms with van der Waals surface area (Å²) >= 11 is 3.48. The minimum atomic E-state index is -4.35. The number of alkyl halides is 3. The molecule has 2 heterocycles. The van der Waals surface area contributed by atoms with Crippen LogP contribution in [0.2, 0.25) is 0 Å².